The Morgan fingerprint density at radius 1 is 0.846 bits per heavy atom. The molecule has 3 aliphatic rings. The second kappa shape index (κ2) is 7.14. The maximum absolute atomic E-state index is 14.2. The molecule has 7 nitrogen and oxygen atoms in total. The third kappa shape index (κ3) is 3.04. The van der Waals surface area contributed by atoms with Crippen LogP contribution in [0.3, 0.4) is 0 Å². The van der Waals surface area contributed by atoms with Crippen molar-refractivity contribution >= 4 is 24.6 Å². The van der Waals surface area contributed by atoms with Gasteiger partial charge < -0.3 is 8.64 Å². The van der Waals surface area contributed by atoms with Crippen LogP contribution < -0.4 is 16.2 Å². The van der Waals surface area contributed by atoms with Crippen molar-refractivity contribution < 1.29 is 13.2 Å². The predicted octanol–water partition coefficient (Wildman–Crippen LogP) is 3.81. The Morgan fingerprint density at radius 2 is 1.31 bits per heavy atom. The van der Waals surface area contributed by atoms with Crippen LogP contribution in [0.15, 0.2) is 30.3 Å². The van der Waals surface area contributed by atoms with Gasteiger partial charge >= 0.3 is 7.67 Å². The molecule has 0 aromatic heterocycles. The van der Waals surface area contributed by atoms with E-state index in [0.717, 1.165) is 49.9 Å². The molecule has 0 unspecified atom stereocenters. The molecule has 144 valence electrons. The van der Waals surface area contributed by atoms with Gasteiger partial charge in [0, 0.05) is 0 Å². The fourth-order valence-corrected chi connectivity index (χ4v) is 21.9. The van der Waals surface area contributed by atoms with E-state index >= 15 is 0 Å². The maximum atomic E-state index is 14.2. The third-order valence-electron chi connectivity index (χ3n) is 6.00. The van der Waals surface area contributed by atoms with Crippen LogP contribution in [0.2, 0.25) is 24.2 Å². The number of benzene rings is 1. The van der Waals surface area contributed by atoms with E-state index in [1.165, 1.54) is 21.7 Å². The minimum Gasteiger partial charge on any atom is -0.430 e. The van der Waals surface area contributed by atoms with Crippen molar-refractivity contribution in [3.63, 3.8) is 0 Å². The molecule has 0 atom stereocenters. The average Bonchev–Trinajstić information content (AvgIpc) is 2.68. The summed E-state index contributed by atoms with van der Waals surface area (Å²) in [6, 6.07) is 12.9. The first kappa shape index (κ1) is 18.8. The van der Waals surface area contributed by atoms with Gasteiger partial charge in [-0.3, -0.25) is 11.7 Å². The molecule has 10 heteroatoms. The fraction of sp³-hybridized carbons (Fsp3) is 0.625. The van der Waals surface area contributed by atoms with Crippen molar-refractivity contribution in [2.45, 2.75) is 62.7 Å². The SMILES string of the molecule is NN1[Si]2(CCCCC2)O[Si]2(CCCCC2)N(N)P1(=O)Oc1ccccc1. The summed E-state index contributed by atoms with van der Waals surface area (Å²) in [6.07, 6.45) is 6.72. The smallest absolute Gasteiger partial charge is 0.412 e. The second-order valence-corrected chi connectivity index (χ2v) is 18.0. The molecule has 4 rings (SSSR count). The molecule has 26 heavy (non-hydrogen) atoms. The van der Waals surface area contributed by atoms with Crippen LogP contribution in [0.5, 0.6) is 5.75 Å². The first-order chi connectivity index (χ1) is 12.5. The molecule has 0 amide bonds. The van der Waals surface area contributed by atoms with Crippen molar-refractivity contribution in [3.8, 4) is 5.75 Å². The highest BCUT2D eigenvalue weighted by Gasteiger charge is 2.67. The van der Waals surface area contributed by atoms with Crippen LogP contribution in [0.4, 0.5) is 0 Å². The maximum Gasteiger partial charge on any atom is 0.412 e. The predicted molar refractivity (Wildman–Crippen MR) is 106 cm³/mol. The van der Waals surface area contributed by atoms with Gasteiger partial charge in [-0.05, 0) is 36.3 Å². The van der Waals surface area contributed by atoms with Gasteiger partial charge in [-0.1, -0.05) is 56.7 Å². The van der Waals surface area contributed by atoms with Crippen LogP contribution >= 0.6 is 7.67 Å². The molecule has 0 radical (unpaired) electrons. The first-order valence-corrected chi connectivity index (χ1v) is 15.7. The van der Waals surface area contributed by atoms with E-state index < -0.39 is 24.6 Å². The highest BCUT2D eigenvalue weighted by atomic mass is 31.2. The van der Waals surface area contributed by atoms with E-state index in [-0.39, 0.29) is 0 Å². The lowest BCUT2D eigenvalue weighted by Gasteiger charge is -2.58. The minimum atomic E-state index is -3.56. The van der Waals surface area contributed by atoms with Gasteiger partial charge in [0.25, 0.3) is 17.0 Å². The largest absolute Gasteiger partial charge is 0.430 e. The molecule has 3 aliphatic heterocycles. The molecule has 0 bridgehead atoms. The van der Waals surface area contributed by atoms with Crippen LogP contribution in [0.1, 0.15) is 38.5 Å². The van der Waals surface area contributed by atoms with Gasteiger partial charge in [0.2, 0.25) is 0 Å². The second-order valence-electron chi connectivity index (χ2n) is 7.70. The number of hydrogen-bond acceptors (Lipinski definition) is 5. The van der Waals surface area contributed by atoms with E-state index in [0.29, 0.717) is 5.75 Å². The lowest BCUT2D eigenvalue weighted by Crippen LogP contribution is -2.76. The van der Waals surface area contributed by atoms with Crippen molar-refractivity contribution in [1.29, 1.82) is 0 Å². The van der Waals surface area contributed by atoms with E-state index in [4.69, 9.17) is 20.3 Å². The molecule has 3 saturated heterocycles. The summed E-state index contributed by atoms with van der Waals surface area (Å²) in [6.45, 7) is 0. The van der Waals surface area contributed by atoms with E-state index in [1.807, 2.05) is 18.2 Å². The summed E-state index contributed by atoms with van der Waals surface area (Å²) in [7, 11) is -8.57. The Labute approximate surface area is 157 Å². The average molecular weight is 413 g/mol. The van der Waals surface area contributed by atoms with Crippen LogP contribution in [-0.4, -0.2) is 25.8 Å². The minimum absolute atomic E-state index is 0.545. The molecular weight excluding hydrogens is 383 g/mol. The normalized spacial score (nSPS) is 31.9. The Kier molecular flexibility index (Phi) is 5.17. The molecule has 1 aromatic carbocycles. The molecule has 0 aliphatic carbocycles. The topological polar surface area (TPSA) is 94.0 Å². The van der Waals surface area contributed by atoms with E-state index in [2.05, 4.69) is 0 Å². The summed E-state index contributed by atoms with van der Waals surface area (Å²) in [5.74, 6) is 13.6. The van der Waals surface area contributed by atoms with Crippen LogP contribution in [-0.2, 0) is 8.68 Å². The molecule has 1 aromatic rings. The van der Waals surface area contributed by atoms with Crippen molar-refractivity contribution in [3.05, 3.63) is 30.3 Å². The summed E-state index contributed by atoms with van der Waals surface area (Å²) in [5.41, 5.74) is 0. The fourth-order valence-electron chi connectivity index (χ4n) is 4.59. The third-order valence-corrected chi connectivity index (χ3v) is 20.5. The van der Waals surface area contributed by atoms with Gasteiger partial charge in [0.15, 0.2) is 0 Å². The number of nitrogens with zero attached hydrogens (tertiary/aromatic N) is 2. The first-order valence-electron chi connectivity index (χ1n) is 9.67. The highest BCUT2D eigenvalue weighted by Crippen LogP contribution is 2.62. The highest BCUT2D eigenvalue weighted by molar-refractivity contribution is 7.59. The Hall–Kier alpha value is -0.516. The standard InChI is InChI=1S/C16H29N4O3PSi2/c17-19-24(21,22-16-10-4-1-5-11-16)20(18)26(14-8-3-9-15-26)23-25(19)12-6-2-7-13-25/h1,4-5,10-11H,2-3,6-9,12-15,17-18H2. The number of hydrogen-bond donors (Lipinski definition) is 2. The summed E-state index contributed by atoms with van der Waals surface area (Å²) in [5, 5.41) is 0. The van der Waals surface area contributed by atoms with Gasteiger partial charge in [0.1, 0.15) is 5.75 Å². The van der Waals surface area contributed by atoms with Gasteiger partial charge in [-0.25, -0.2) is 4.57 Å². The zero-order chi connectivity index (χ0) is 18.3. The van der Waals surface area contributed by atoms with E-state index in [1.54, 1.807) is 12.1 Å². The van der Waals surface area contributed by atoms with E-state index in [9.17, 15) is 4.57 Å². The van der Waals surface area contributed by atoms with Gasteiger partial charge in [0.05, 0.1) is 0 Å². The number of rotatable bonds is 2. The zero-order valence-corrected chi connectivity index (χ0v) is 18.1. The Bertz CT molecular complexity index is 649. The molecule has 3 heterocycles. The molecule has 3 fully saturated rings. The molecule has 2 spiro atoms. The van der Waals surface area contributed by atoms with Crippen LogP contribution in [0.25, 0.3) is 0 Å². The quantitative estimate of drug-likeness (QED) is 0.433. The van der Waals surface area contributed by atoms with Crippen molar-refractivity contribution in [2.24, 2.45) is 11.7 Å². The van der Waals surface area contributed by atoms with Crippen molar-refractivity contribution in [1.82, 2.24) is 8.89 Å². The van der Waals surface area contributed by atoms with Crippen LogP contribution in [0, 0.1) is 0 Å². The molecular formula is C16H29N4O3PSi2. The zero-order valence-electron chi connectivity index (χ0n) is 15.2. The summed E-state index contributed by atoms with van der Waals surface area (Å²) < 4.78 is 30.1. The van der Waals surface area contributed by atoms with Gasteiger partial charge in [-0.15, -0.1) is 8.89 Å². The lowest BCUT2D eigenvalue weighted by atomic mass is 10.3. The molecule has 4 N–H and O–H groups in total. The number of nitrogens with two attached hydrogens (primary N) is 2. The lowest BCUT2D eigenvalue weighted by molar-refractivity contribution is 0.269. The monoisotopic (exact) mass is 412 g/mol. The summed E-state index contributed by atoms with van der Waals surface area (Å²) in [4.78, 5) is 0. The Morgan fingerprint density at radius 3 is 1.77 bits per heavy atom. The van der Waals surface area contributed by atoms with Crippen molar-refractivity contribution in [2.75, 3.05) is 0 Å². The van der Waals surface area contributed by atoms with Gasteiger partial charge in [-0.2, -0.15) is 0 Å². The Balaban J connectivity index is 1.75. The molecule has 0 saturated carbocycles. The number of hydrazine groups is 2. The summed E-state index contributed by atoms with van der Waals surface area (Å²) >= 11 is 0. The number of para-hydroxylation sites is 1.